The summed E-state index contributed by atoms with van der Waals surface area (Å²) in [5, 5.41) is 6.16. The van der Waals surface area contributed by atoms with Crippen molar-refractivity contribution in [2.75, 3.05) is 6.54 Å². The summed E-state index contributed by atoms with van der Waals surface area (Å²) < 4.78 is 5.17. The first kappa shape index (κ1) is 21.2. The predicted octanol–water partition coefficient (Wildman–Crippen LogP) is 3.09. The number of hydrogen-bond acceptors (Lipinski definition) is 4. The van der Waals surface area contributed by atoms with Gasteiger partial charge < -0.3 is 15.4 Å². The molecule has 0 unspecified atom stereocenters. The minimum absolute atomic E-state index is 0.00319. The highest BCUT2D eigenvalue weighted by Crippen LogP contribution is 2.23. The predicted molar refractivity (Wildman–Crippen MR) is 104 cm³/mol. The lowest BCUT2D eigenvalue weighted by Gasteiger charge is -2.30. The molecule has 0 aromatic heterocycles. The summed E-state index contributed by atoms with van der Waals surface area (Å²) >= 11 is 5.78. The van der Waals surface area contributed by atoms with Crippen LogP contribution in [0.3, 0.4) is 0 Å². The zero-order valence-corrected chi connectivity index (χ0v) is 16.6. The third-order valence-corrected chi connectivity index (χ3v) is 5.09. The van der Waals surface area contributed by atoms with E-state index in [1.165, 1.54) is 6.42 Å². The van der Waals surface area contributed by atoms with Crippen molar-refractivity contribution in [2.45, 2.75) is 58.1 Å². The van der Waals surface area contributed by atoms with Crippen molar-refractivity contribution < 1.29 is 19.1 Å². The SMILES string of the molecule is C[C@@H](OC(=O)CCNC(=O)c1ccc(Cl)cc1)C(=O)N[C@H]1CCCC[C@@H]1C. The second kappa shape index (κ2) is 10.3. The van der Waals surface area contributed by atoms with E-state index in [2.05, 4.69) is 17.6 Å². The molecule has 27 heavy (non-hydrogen) atoms. The van der Waals surface area contributed by atoms with E-state index in [4.69, 9.17) is 16.3 Å². The monoisotopic (exact) mass is 394 g/mol. The molecule has 0 heterocycles. The lowest BCUT2D eigenvalue weighted by molar-refractivity contribution is -0.155. The van der Waals surface area contributed by atoms with Gasteiger partial charge in [-0.1, -0.05) is 31.4 Å². The van der Waals surface area contributed by atoms with Gasteiger partial charge in [-0.3, -0.25) is 14.4 Å². The fourth-order valence-corrected chi connectivity index (χ4v) is 3.25. The molecule has 7 heteroatoms. The molecule has 1 aliphatic carbocycles. The summed E-state index contributed by atoms with van der Waals surface area (Å²) in [6.45, 7) is 3.82. The Morgan fingerprint density at radius 3 is 2.52 bits per heavy atom. The number of ether oxygens (including phenoxy) is 1. The van der Waals surface area contributed by atoms with Crippen LogP contribution in [0.25, 0.3) is 0 Å². The van der Waals surface area contributed by atoms with Gasteiger partial charge in [-0.2, -0.15) is 0 Å². The van der Waals surface area contributed by atoms with Gasteiger partial charge in [0.25, 0.3) is 11.8 Å². The van der Waals surface area contributed by atoms with Crippen LogP contribution in [0, 0.1) is 5.92 Å². The van der Waals surface area contributed by atoms with Crippen LogP contribution in [0.15, 0.2) is 24.3 Å². The highest BCUT2D eigenvalue weighted by molar-refractivity contribution is 6.30. The van der Waals surface area contributed by atoms with Crippen LogP contribution < -0.4 is 10.6 Å². The molecule has 0 saturated heterocycles. The minimum atomic E-state index is -0.849. The maximum atomic E-state index is 12.2. The van der Waals surface area contributed by atoms with Gasteiger partial charge in [0.2, 0.25) is 0 Å². The molecule has 1 aliphatic rings. The van der Waals surface area contributed by atoms with Crippen LogP contribution in [0.5, 0.6) is 0 Å². The van der Waals surface area contributed by atoms with Crippen LogP contribution in [0.4, 0.5) is 0 Å². The smallest absolute Gasteiger partial charge is 0.308 e. The first-order valence-corrected chi connectivity index (χ1v) is 9.78. The molecule has 3 atom stereocenters. The Hall–Kier alpha value is -2.08. The van der Waals surface area contributed by atoms with Crippen LogP contribution >= 0.6 is 11.6 Å². The molecule has 1 aromatic rings. The maximum Gasteiger partial charge on any atom is 0.308 e. The molecule has 148 valence electrons. The number of esters is 1. The highest BCUT2D eigenvalue weighted by Gasteiger charge is 2.26. The lowest BCUT2D eigenvalue weighted by Crippen LogP contribution is -2.46. The summed E-state index contributed by atoms with van der Waals surface area (Å²) in [7, 11) is 0. The first-order chi connectivity index (χ1) is 12.9. The third kappa shape index (κ3) is 6.86. The number of carbonyl (C=O) groups excluding carboxylic acids is 3. The fraction of sp³-hybridized carbons (Fsp3) is 0.550. The zero-order chi connectivity index (χ0) is 19.8. The Bertz CT molecular complexity index is 662. The van der Waals surface area contributed by atoms with Crippen molar-refractivity contribution >= 4 is 29.4 Å². The zero-order valence-electron chi connectivity index (χ0n) is 15.8. The molecular formula is C20H27ClN2O4. The van der Waals surface area contributed by atoms with E-state index in [0.717, 1.165) is 19.3 Å². The molecule has 0 spiro atoms. The van der Waals surface area contributed by atoms with Crippen LogP contribution in [-0.2, 0) is 14.3 Å². The lowest BCUT2D eigenvalue weighted by atomic mass is 9.86. The maximum absolute atomic E-state index is 12.2. The third-order valence-electron chi connectivity index (χ3n) is 4.84. The molecule has 0 aliphatic heterocycles. The Labute approximate surface area is 165 Å². The van der Waals surface area contributed by atoms with Crippen molar-refractivity contribution in [3.05, 3.63) is 34.9 Å². The molecule has 6 nitrogen and oxygen atoms in total. The van der Waals surface area contributed by atoms with Crippen molar-refractivity contribution in [2.24, 2.45) is 5.92 Å². The van der Waals surface area contributed by atoms with Gasteiger partial charge in [-0.25, -0.2) is 0 Å². The van der Waals surface area contributed by atoms with Crippen LogP contribution in [0.2, 0.25) is 5.02 Å². The van der Waals surface area contributed by atoms with Gasteiger partial charge >= 0.3 is 5.97 Å². The molecule has 2 N–H and O–H groups in total. The van der Waals surface area contributed by atoms with Gasteiger partial charge in [-0.05, 0) is 49.9 Å². The fourth-order valence-electron chi connectivity index (χ4n) is 3.12. The first-order valence-electron chi connectivity index (χ1n) is 9.40. The number of halogens is 1. The van der Waals surface area contributed by atoms with E-state index in [1.807, 2.05) is 0 Å². The number of hydrogen-bond donors (Lipinski definition) is 2. The van der Waals surface area contributed by atoms with E-state index >= 15 is 0 Å². The minimum Gasteiger partial charge on any atom is -0.452 e. The van der Waals surface area contributed by atoms with Crippen LogP contribution in [0.1, 0.15) is 56.3 Å². The van der Waals surface area contributed by atoms with Crippen molar-refractivity contribution in [1.82, 2.24) is 10.6 Å². The van der Waals surface area contributed by atoms with Crippen molar-refractivity contribution in [1.29, 1.82) is 0 Å². The average molecular weight is 395 g/mol. The largest absolute Gasteiger partial charge is 0.452 e. The normalized spacial score (nSPS) is 20.4. The number of carbonyl (C=O) groups is 3. The number of amides is 2. The summed E-state index contributed by atoms with van der Waals surface area (Å²) in [6, 6.07) is 6.60. The summed E-state index contributed by atoms with van der Waals surface area (Å²) in [5.74, 6) is -0.650. The topological polar surface area (TPSA) is 84.5 Å². The highest BCUT2D eigenvalue weighted by atomic mass is 35.5. The van der Waals surface area contributed by atoms with Gasteiger partial charge in [0, 0.05) is 23.2 Å². The number of rotatable bonds is 7. The Morgan fingerprint density at radius 1 is 1.19 bits per heavy atom. The van der Waals surface area contributed by atoms with Crippen molar-refractivity contribution in [3.8, 4) is 0 Å². The quantitative estimate of drug-likeness (QED) is 0.696. The van der Waals surface area contributed by atoms with E-state index in [0.29, 0.717) is 16.5 Å². The molecule has 0 radical (unpaired) electrons. The van der Waals surface area contributed by atoms with E-state index < -0.39 is 12.1 Å². The van der Waals surface area contributed by atoms with E-state index in [9.17, 15) is 14.4 Å². The Morgan fingerprint density at radius 2 is 1.85 bits per heavy atom. The molecule has 2 amide bonds. The van der Waals surface area contributed by atoms with E-state index in [-0.39, 0.29) is 30.8 Å². The van der Waals surface area contributed by atoms with E-state index in [1.54, 1.807) is 31.2 Å². The second-order valence-corrected chi connectivity index (χ2v) is 7.46. The summed E-state index contributed by atoms with van der Waals surface area (Å²) in [6.07, 6.45) is 3.52. The number of benzene rings is 1. The molecule has 2 rings (SSSR count). The molecular weight excluding hydrogens is 368 g/mol. The second-order valence-electron chi connectivity index (χ2n) is 7.02. The molecule has 1 aromatic carbocycles. The van der Waals surface area contributed by atoms with Crippen molar-refractivity contribution in [3.63, 3.8) is 0 Å². The van der Waals surface area contributed by atoms with Crippen LogP contribution in [-0.4, -0.2) is 36.5 Å². The molecule has 1 fully saturated rings. The summed E-state index contributed by atoms with van der Waals surface area (Å²) in [4.78, 5) is 36.1. The average Bonchev–Trinajstić information content (AvgIpc) is 2.64. The van der Waals surface area contributed by atoms with Gasteiger partial charge in [0.05, 0.1) is 6.42 Å². The molecule has 0 bridgehead atoms. The Balaban J connectivity index is 1.68. The standard InChI is InChI=1S/C20H27ClN2O4/c1-13-5-3-4-6-17(13)23-19(25)14(2)27-18(24)11-12-22-20(26)15-7-9-16(21)10-8-15/h7-10,13-14,17H,3-6,11-12H2,1-2H3,(H,22,26)(H,23,25)/t13-,14+,17-/m0/s1. The van der Waals surface area contributed by atoms with Gasteiger partial charge in [0.15, 0.2) is 6.10 Å². The molecule has 1 saturated carbocycles. The Kier molecular flexibility index (Phi) is 8.10. The van der Waals surface area contributed by atoms with Gasteiger partial charge in [0.1, 0.15) is 0 Å². The van der Waals surface area contributed by atoms with Gasteiger partial charge in [-0.15, -0.1) is 0 Å². The summed E-state index contributed by atoms with van der Waals surface area (Å²) in [5.41, 5.74) is 0.460. The number of nitrogens with one attached hydrogen (secondary N) is 2.